The van der Waals surface area contributed by atoms with Crippen LogP contribution in [0.5, 0.6) is 0 Å². The summed E-state index contributed by atoms with van der Waals surface area (Å²) in [4.78, 5) is 13.2. The summed E-state index contributed by atoms with van der Waals surface area (Å²) in [5.74, 6) is -0.681. The fraction of sp³-hybridized carbons (Fsp3) is 0.444. The maximum atomic E-state index is 13.7. The zero-order chi connectivity index (χ0) is 19.6. The molecule has 1 heterocycles. The van der Waals surface area contributed by atoms with E-state index in [1.54, 1.807) is 0 Å². The highest BCUT2D eigenvalue weighted by atomic mass is 127. The molecule has 1 saturated carbocycles. The second kappa shape index (κ2) is 6.45. The lowest BCUT2D eigenvalue weighted by Crippen LogP contribution is -2.32. The van der Waals surface area contributed by atoms with Crippen molar-refractivity contribution >= 4 is 40.1 Å². The average molecular weight is 511 g/mol. The number of carbonyl (C=O) groups excluding carboxylic acids is 1. The average Bonchev–Trinajstić information content (AvgIpc) is 3.35. The first-order valence-electron chi connectivity index (χ1n) is 8.50. The molecule has 1 N–H and O–H groups in total. The van der Waals surface area contributed by atoms with Gasteiger partial charge in [-0.3, -0.25) is 4.79 Å². The van der Waals surface area contributed by atoms with Crippen LogP contribution in [0.3, 0.4) is 0 Å². The second-order valence-corrected chi connectivity index (χ2v) is 8.50. The number of aromatic nitrogens is 2. The van der Waals surface area contributed by atoms with Crippen molar-refractivity contribution in [2.45, 2.75) is 49.8 Å². The van der Waals surface area contributed by atoms with Gasteiger partial charge in [-0.25, -0.2) is 0 Å². The van der Waals surface area contributed by atoms with Crippen LogP contribution in [0.15, 0.2) is 18.2 Å². The summed E-state index contributed by atoms with van der Waals surface area (Å²) < 4.78 is 42.8. The van der Waals surface area contributed by atoms with Crippen LogP contribution in [0, 0.1) is 3.70 Å². The van der Waals surface area contributed by atoms with E-state index in [9.17, 15) is 23.1 Å². The minimum atomic E-state index is -4.46. The lowest BCUT2D eigenvalue weighted by molar-refractivity contribution is -0.160. The fourth-order valence-electron chi connectivity index (χ4n) is 3.79. The molecule has 0 amide bonds. The largest absolute Gasteiger partial charge is 0.398 e. The van der Waals surface area contributed by atoms with Crippen molar-refractivity contribution in [1.29, 1.82) is 0 Å². The smallest absolute Gasteiger partial charge is 0.393 e. The van der Waals surface area contributed by atoms with Crippen molar-refractivity contribution in [2.24, 2.45) is 0 Å². The van der Waals surface area contributed by atoms with E-state index >= 15 is 0 Å². The van der Waals surface area contributed by atoms with Gasteiger partial charge in [0.25, 0.3) is 5.91 Å². The molecule has 0 bridgehead atoms. The van der Waals surface area contributed by atoms with E-state index in [2.05, 4.69) is 5.10 Å². The van der Waals surface area contributed by atoms with Gasteiger partial charge in [0, 0.05) is 12.0 Å². The highest BCUT2D eigenvalue weighted by Crippen LogP contribution is 2.60. The molecule has 0 spiro atoms. The summed E-state index contributed by atoms with van der Waals surface area (Å²) in [6, 6.07) is 4.18. The maximum absolute atomic E-state index is 13.7. The molecule has 1 unspecified atom stereocenters. The Morgan fingerprint density at radius 2 is 2.07 bits per heavy atom. The predicted octanol–water partition coefficient (Wildman–Crippen LogP) is 4.27. The summed E-state index contributed by atoms with van der Waals surface area (Å²) >= 11 is 8.20. The third-order valence-corrected chi connectivity index (χ3v) is 6.61. The van der Waals surface area contributed by atoms with Gasteiger partial charge in [0.2, 0.25) is 0 Å². The van der Waals surface area contributed by atoms with Gasteiger partial charge in [0.15, 0.2) is 0 Å². The van der Waals surface area contributed by atoms with Gasteiger partial charge < -0.3 is 5.11 Å². The molecule has 2 aromatic rings. The topological polar surface area (TPSA) is 55.1 Å². The van der Waals surface area contributed by atoms with E-state index in [1.807, 2.05) is 22.6 Å². The van der Waals surface area contributed by atoms with Gasteiger partial charge >= 0.3 is 6.18 Å². The normalized spacial score (nSPS) is 21.0. The highest BCUT2D eigenvalue weighted by Gasteiger charge is 2.65. The van der Waals surface area contributed by atoms with Gasteiger partial charge in [-0.1, -0.05) is 23.7 Å². The maximum Gasteiger partial charge on any atom is 0.398 e. The van der Waals surface area contributed by atoms with Crippen LogP contribution < -0.4 is 0 Å². The van der Waals surface area contributed by atoms with Crippen molar-refractivity contribution in [1.82, 2.24) is 9.78 Å². The first-order chi connectivity index (χ1) is 12.7. The van der Waals surface area contributed by atoms with Crippen LogP contribution in [-0.4, -0.2) is 33.1 Å². The minimum Gasteiger partial charge on any atom is -0.393 e. The quantitative estimate of drug-likeness (QED) is 0.614. The van der Waals surface area contributed by atoms with E-state index in [1.165, 1.54) is 18.2 Å². The van der Waals surface area contributed by atoms with Crippen LogP contribution >= 0.6 is 34.2 Å². The Morgan fingerprint density at radius 3 is 2.70 bits per heavy atom. The molecule has 27 heavy (non-hydrogen) atoms. The molecule has 1 aromatic heterocycles. The van der Waals surface area contributed by atoms with Gasteiger partial charge in [0.1, 0.15) is 3.70 Å². The Morgan fingerprint density at radius 1 is 1.37 bits per heavy atom. The molecule has 0 radical (unpaired) electrons. The number of nitrogens with zero attached hydrogens (tertiary/aromatic N) is 2. The van der Waals surface area contributed by atoms with Crippen molar-refractivity contribution in [3.05, 3.63) is 49.3 Å². The zero-order valence-electron chi connectivity index (χ0n) is 14.0. The molecular weight excluding hydrogens is 496 g/mol. The van der Waals surface area contributed by atoms with E-state index in [4.69, 9.17) is 11.6 Å². The molecule has 4 rings (SSSR count). The van der Waals surface area contributed by atoms with E-state index in [-0.39, 0.29) is 35.4 Å². The Bertz CT molecular complexity index is 937. The van der Waals surface area contributed by atoms with Crippen LogP contribution in [0.25, 0.3) is 0 Å². The zero-order valence-corrected chi connectivity index (χ0v) is 16.9. The molecule has 0 saturated heterocycles. The van der Waals surface area contributed by atoms with Gasteiger partial charge in [-0.2, -0.15) is 23.0 Å². The van der Waals surface area contributed by atoms with Crippen molar-refractivity contribution < 1.29 is 23.1 Å². The number of fused-ring (bicyclic) bond motifs is 1. The van der Waals surface area contributed by atoms with Gasteiger partial charge in [0.05, 0.1) is 27.8 Å². The molecule has 4 nitrogen and oxygen atoms in total. The number of alkyl halides is 3. The molecule has 1 aromatic carbocycles. The van der Waals surface area contributed by atoms with Crippen LogP contribution in [0.4, 0.5) is 13.2 Å². The summed E-state index contributed by atoms with van der Waals surface area (Å²) in [6.07, 6.45) is -3.81. The number of hydrogen-bond acceptors (Lipinski definition) is 3. The number of hydrogen-bond donors (Lipinski definition) is 1. The molecule has 1 fully saturated rings. The number of benzene rings is 1. The molecule has 2 aliphatic carbocycles. The molecule has 1 atom stereocenters. The van der Waals surface area contributed by atoms with Gasteiger partial charge in [-0.15, -0.1) is 0 Å². The standard InChI is InChI=1S/C18H15ClF3IN2O2/c19-12-3-1-2-11(17(6-7-17)18(20,21)22)14(12)16(27)25-13-8-9(26)4-5-10(13)15(23)24-25/h1-3,9,26H,4-8H2. The Balaban J connectivity index is 1.86. The number of rotatable bonds is 2. The monoisotopic (exact) mass is 510 g/mol. The Hall–Kier alpha value is -1.13. The predicted molar refractivity (Wildman–Crippen MR) is 101 cm³/mol. The SMILES string of the molecule is O=C(c1c(Cl)cccc1C1(C(F)(F)F)CC1)n1nc(I)c2c1CC(O)CC2. The van der Waals surface area contributed by atoms with E-state index in [0.717, 1.165) is 10.2 Å². The lowest BCUT2D eigenvalue weighted by atomic mass is 9.90. The lowest BCUT2D eigenvalue weighted by Gasteiger charge is -2.23. The Labute approximate surface area is 171 Å². The first kappa shape index (κ1) is 19.2. The molecule has 144 valence electrons. The highest BCUT2D eigenvalue weighted by molar-refractivity contribution is 14.1. The van der Waals surface area contributed by atoms with E-state index < -0.39 is 23.6 Å². The van der Waals surface area contributed by atoms with Gasteiger partial charge in [-0.05, 0) is 59.9 Å². The van der Waals surface area contributed by atoms with Crippen molar-refractivity contribution in [3.63, 3.8) is 0 Å². The number of carbonyl (C=O) groups is 1. The van der Waals surface area contributed by atoms with E-state index in [0.29, 0.717) is 22.2 Å². The van der Waals surface area contributed by atoms with Crippen LogP contribution in [0.1, 0.15) is 46.4 Å². The van der Waals surface area contributed by atoms with Crippen LogP contribution in [-0.2, 0) is 18.3 Å². The summed E-state index contributed by atoms with van der Waals surface area (Å²) in [6.45, 7) is 0. The number of aliphatic hydroxyl groups excluding tert-OH is 1. The fourth-order valence-corrected chi connectivity index (χ4v) is 4.85. The molecule has 0 aliphatic heterocycles. The Kier molecular flexibility index (Phi) is 4.59. The molecule has 9 heteroatoms. The third kappa shape index (κ3) is 3.00. The van der Waals surface area contributed by atoms with Crippen molar-refractivity contribution in [2.75, 3.05) is 0 Å². The van der Waals surface area contributed by atoms with Crippen molar-refractivity contribution in [3.8, 4) is 0 Å². The summed E-state index contributed by atoms with van der Waals surface area (Å²) in [5, 5.41) is 14.2. The third-order valence-electron chi connectivity index (χ3n) is 5.43. The molecular formula is C18H15ClF3IN2O2. The number of aliphatic hydroxyl groups is 1. The summed E-state index contributed by atoms with van der Waals surface area (Å²) in [7, 11) is 0. The van der Waals surface area contributed by atoms with Crippen LogP contribution in [0.2, 0.25) is 5.02 Å². The summed E-state index contributed by atoms with van der Waals surface area (Å²) in [5.41, 5.74) is -0.868. The number of halogens is 5. The second-order valence-electron chi connectivity index (χ2n) is 7.07. The minimum absolute atomic E-state index is 0.0244. The molecule has 2 aliphatic rings. The first-order valence-corrected chi connectivity index (χ1v) is 9.96.